The Hall–Kier alpha value is -2.33. The van der Waals surface area contributed by atoms with Crippen LogP contribution < -0.4 is 5.32 Å². The molecule has 0 saturated carbocycles. The molecule has 0 radical (unpaired) electrons. The summed E-state index contributed by atoms with van der Waals surface area (Å²) in [6, 6.07) is 1.59. The van der Waals surface area contributed by atoms with E-state index in [-0.39, 0.29) is 6.07 Å². The smallest absolute Gasteiger partial charge is 0.258 e. The first-order valence-electron chi connectivity index (χ1n) is 5.76. The van der Waals surface area contributed by atoms with Crippen molar-refractivity contribution >= 4 is 22.7 Å². The average molecular weight is 351 g/mol. The summed E-state index contributed by atoms with van der Waals surface area (Å²) >= 11 is -2.82. The van der Waals surface area contributed by atoms with Crippen molar-refractivity contribution in [2.45, 2.75) is 4.90 Å². The lowest BCUT2D eigenvalue weighted by molar-refractivity contribution is 0.102. The Morgan fingerprint density at radius 1 is 0.913 bits per heavy atom. The van der Waals surface area contributed by atoms with E-state index in [2.05, 4.69) is 0 Å². The number of rotatable bonds is 3. The molecule has 23 heavy (non-hydrogen) atoms. The first-order valence-corrected chi connectivity index (χ1v) is 6.87. The second-order valence-electron chi connectivity index (χ2n) is 4.22. The van der Waals surface area contributed by atoms with Crippen molar-refractivity contribution in [2.75, 3.05) is 5.32 Å². The molecule has 2 aromatic carbocycles. The minimum Gasteiger partial charge on any atom is -0.322 e. The minimum atomic E-state index is -2.82. The van der Waals surface area contributed by atoms with E-state index >= 15 is 0 Å². The summed E-state index contributed by atoms with van der Waals surface area (Å²) in [5, 5.41) is 1.86. The highest BCUT2D eigenvalue weighted by molar-refractivity contribution is 7.79. The summed E-state index contributed by atoms with van der Waals surface area (Å²) < 4.78 is 85.4. The number of hydrogen-bond acceptors (Lipinski definition) is 2. The number of hydrogen-bond donors (Lipinski definition) is 2. The fourth-order valence-electron chi connectivity index (χ4n) is 1.66. The van der Waals surface area contributed by atoms with Crippen molar-refractivity contribution in [1.29, 1.82) is 0 Å². The third-order valence-corrected chi connectivity index (χ3v) is 3.39. The molecular formula is C13H6F5NO3S. The van der Waals surface area contributed by atoms with Crippen molar-refractivity contribution in [2.24, 2.45) is 0 Å². The van der Waals surface area contributed by atoms with Crippen LogP contribution in [0.3, 0.4) is 0 Å². The molecule has 2 aromatic rings. The predicted octanol–water partition coefficient (Wildman–Crippen LogP) is 3.22. The molecular weight excluding hydrogens is 345 g/mol. The highest BCUT2D eigenvalue weighted by Crippen LogP contribution is 2.21. The lowest BCUT2D eigenvalue weighted by Crippen LogP contribution is -2.15. The van der Waals surface area contributed by atoms with Crippen LogP contribution in [0.5, 0.6) is 0 Å². The Morgan fingerprint density at radius 3 is 2.00 bits per heavy atom. The van der Waals surface area contributed by atoms with Crippen LogP contribution in [-0.4, -0.2) is 14.7 Å². The van der Waals surface area contributed by atoms with Crippen LogP contribution in [0.15, 0.2) is 29.2 Å². The Bertz CT molecular complexity index is 804. The molecule has 2 N–H and O–H groups in total. The van der Waals surface area contributed by atoms with Crippen LogP contribution in [0.1, 0.15) is 10.4 Å². The van der Waals surface area contributed by atoms with Gasteiger partial charge in [0.15, 0.2) is 28.5 Å². The largest absolute Gasteiger partial charge is 0.322 e. The van der Waals surface area contributed by atoms with Crippen LogP contribution in [-0.2, 0) is 11.1 Å². The number of carbonyl (C=O) groups excluding carboxylic acids is 1. The summed E-state index contributed by atoms with van der Waals surface area (Å²) in [4.78, 5) is 11.0. The van der Waals surface area contributed by atoms with Gasteiger partial charge >= 0.3 is 0 Å². The van der Waals surface area contributed by atoms with Gasteiger partial charge in [-0.2, -0.15) is 0 Å². The van der Waals surface area contributed by atoms with Crippen molar-refractivity contribution in [1.82, 2.24) is 0 Å². The van der Waals surface area contributed by atoms with Gasteiger partial charge in [0.1, 0.15) is 16.5 Å². The zero-order valence-electron chi connectivity index (χ0n) is 10.9. The van der Waals surface area contributed by atoms with E-state index in [9.17, 15) is 31.0 Å². The summed E-state index contributed by atoms with van der Waals surface area (Å²) in [5.74, 6) is -8.92. The molecule has 122 valence electrons. The molecule has 0 saturated heterocycles. The fraction of sp³-hybridized carbons (Fsp3) is 0. The molecule has 0 aromatic heterocycles. The number of benzene rings is 2. The molecule has 0 aliphatic heterocycles. The first-order chi connectivity index (χ1) is 10.7. The Morgan fingerprint density at radius 2 is 1.48 bits per heavy atom. The normalized spacial score (nSPS) is 12.1. The number of carbonyl (C=O) groups is 1. The van der Waals surface area contributed by atoms with Gasteiger partial charge in [0.25, 0.3) is 5.91 Å². The van der Waals surface area contributed by atoms with Crippen molar-refractivity contribution in [3.8, 4) is 0 Å². The lowest BCUT2D eigenvalue weighted by atomic mass is 10.2. The van der Waals surface area contributed by atoms with E-state index < -0.39 is 62.2 Å². The molecule has 2 rings (SSSR count). The number of halogens is 5. The molecule has 10 heteroatoms. The maximum atomic E-state index is 13.6. The van der Waals surface area contributed by atoms with Crippen LogP contribution in [0.25, 0.3) is 0 Å². The number of anilines is 1. The highest BCUT2D eigenvalue weighted by atomic mass is 32.2. The molecule has 1 unspecified atom stereocenters. The van der Waals surface area contributed by atoms with Crippen LogP contribution in [0, 0.1) is 29.1 Å². The zero-order chi connectivity index (χ0) is 17.3. The topological polar surface area (TPSA) is 66.4 Å². The van der Waals surface area contributed by atoms with E-state index in [0.717, 1.165) is 0 Å². The average Bonchev–Trinajstić information content (AvgIpc) is 2.44. The van der Waals surface area contributed by atoms with Crippen LogP contribution in [0.2, 0.25) is 0 Å². The number of amides is 1. The van der Waals surface area contributed by atoms with E-state index in [1.807, 2.05) is 5.32 Å². The van der Waals surface area contributed by atoms with Gasteiger partial charge in [-0.05, 0) is 6.07 Å². The van der Waals surface area contributed by atoms with Gasteiger partial charge in [0, 0.05) is 23.9 Å². The molecule has 0 heterocycles. The zero-order valence-corrected chi connectivity index (χ0v) is 11.7. The first kappa shape index (κ1) is 17.0. The monoisotopic (exact) mass is 351 g/mol. The van der Waals surface area contributed by atoms with E-state index in [4.69, 9.17) is 4.55 Å². The third-order valence-electron chi connectivity index (χ3n) is 2.70. The van der Waals surface area contributed by atoms with Crippen LogP contribution >= 0.6 is 0 Å². The molecule has 0 fully saturated rings. The van der Waals surface area contributed by atoms with Gasteiger partial charge in [0.2, 0.25) is 0 Å². The summed E-state index contributed by atoms with van der Waals surface area (Å²) in [6.45, 7) is 0. The molecule has 0 aliphatic rings. The van der Waals surface area contributed by atoms with Gasteiger partial charge in [-0.1, -0.05) is 0 Å². The highest BCUT2D eigenvalue weighted by Gasteiger charge is 2.20. The van der Waals surface area contributed by atoms with E-state index in [0.29, 0.717) is 18.2 Å². The number of nitrogens with one attached hydrogen (secondary N) is 1. The lowest BCUT2D eigenvalue weighted by Gasteiger charge is -2.08. The maximum absolute atomic E-state index is 13.6. The molecule has 0 spiro atoms. The second-order valence-corrected chi connectivity index (χ2v) is 5.16. The van der Waals surface area contributed by atoms with E-state index in [1.54, 1.807) is 0 Å². The van der Waals surface area contributed by atoms with Crippen molar-refractivity contribution in [3.63, 3.8) is 0 Å². The van der Waals surface area contributed by atoms with Gasteiger partial charge < -0.3 is 9.87 Å². The van der Waals surface area contributed by atoms with Gasteiger partial charge in [-0.25, -0.2) is 26.2 Å². The summed E-state index contributed by atoms with van der Waals surface area (Å²) in [6.07, 6.45) is 0. The standard InChI is InChI=1S/C13H6F5NO3S/c14-7-4-8(15)11(23(21)22)3-6(7)13(20)19-5-1-9(16)12(18)10(17)2-5/h1-4H,(H,19,20)(H,21,22). The molecule has 1 amide bonds. The predicted molar refractivity (Wildman–Crippen MR) is 69.7 cm³/mol. The SMILES string of the molecule is O=C(Nc1cc(F)c(F)c(F)c1)c1cc(S(=O)O)c(F)cc1F. The second kappa shape index (κ2) is 6.42. The summed E-state index contributed by atoms with van der Waals surface area (Å²) in [7, 11) is 0. The van der Waals surface area contributed by atoms with Gasteiger partial charge in [0.05, 0.1) is 5.56 Å². The Balaban J connectivity index is 2.38. The molecule has 0 aliphatic carbocycles. The maximum Gasteiger partial charge on any atom is 0.258 e. The molecule has 4 nitrogen and oxygen atoms in total. The Kier molecular flexibility index (Phi) is 4.76. The third kappa shape index (κ3) is 3.54. The quantitative estimate of drug-likeness (QED) is 0.507. The fourth-order valence-corrected chi connectivity index (χ4v) is 2.11. The van der Waals surface area contributed by atoms with Crippen molar-refractivity contribution < 1.29 is 35.5 Å². The molecule has 1 atom stereocenters. The molecule has 0 bridgehead atoms. The minimum absolute atomic E-state index is 0.212. The van der Waals surface area contributed by atoms with Gasteiger partial charge in [-0.3, -0.25) is 4.79 Å². The Labute approximate surface area is 128 Å². The summed E-state index contributed by atoms with van der Waals surface area (Å²) in [5.41, 5.74) is -1.37. The van der Waals surface area contributed by atoms with E-state index in [1.165, 1.54) is 0 Å². The van der Waals surface area contributed by atoms with Gasteiger partial charge in [-0.15, -0.1) is 0 Å². The van der Waals surface area contributed by atoms with Crippen molar-refractivity contribution in [3.05, 3.63) is 58.9 Å². The van der Waals surface area contributed by atoms with Crippen LogP contribution in [0.4, 0.5) is 27.6 Å².